The third-order valence-electron chi connectivity index (χ3n) is 4.26. The van der Waals surface area contributed by atoms with Gasteiger partial charge in [0.25, 0.3) is 5.91 Å². The third-order valence-corrected chi connectivity index (χ3v) is 4.26. The Bertz CT molecular complexity index is 1220. The minimum atomic E-state index is -4.72. The van der Waals surface area contributed by atoms with Crippen LogP contribution in [0, 0.1) is 5.82 Å². The van der Waals surface area contributed by atoms with Gasteiger partial charge in [-0.05, 0) is 35.9 Å². The van der Waals surface area contributed by atoms with Crippen LogP contribution in [-0.4, -0.2) is 28.2 Å². The summed E-state index contributed by atoms with van der Waals surface area (Å²) < 4.78 is 56.8. The topological polar surface area (TPSA) is 147 Å². The Balaban J connectivity index is 1.79. The van der Waals surface area contributed by atoms with E-state index in [1.165, 1.54) is 24.3 Å². The highest BCUT2D eigenvalue weighted by Gasteiger charge is 2.31. The lowest BCUT2D eigenvalue weighted by Gasteiger charge is -2.12. The number of nitrogens with two attached hydrogens (primary N) is 1. The second kappa shape index (κ2) is 8.90. The number of hydrogen-bond donors (Lipinski definition) is 5. The van der Waals surface area contributed by atoms with Crippen LogP contribution in [0.1, 0.15) is 16.1 Å². The maximum Gasteiger partial charge on any atom is 0.511 e. The quantitative estimate of drug-likeness (QED) is 0.275. The predicted molar refractivity (Wildman–Crippen MR) is 107 cm³/mol. The van der Waals surface area contributed by atoms with E-state index in [1.807, 2.05) is 5.32 Å². The van der Waals surface area contributed by atoms with Crippen LogP contribution in [0.15, 0.2) is 48.7 Å². The summed E-state index contributed by atoms with van der Waals surface area (Å²) in [4.78, 5) is 37.1. The number of rotatable bonds is 5. The number of carbonyl (C=O) groups is 3. The zero-order valence-electron chi connectivity index (χ0n) is 16.3. The zero-order chi connectivity index (χ0) is 24.3. The van der Waals surface area contributed by atoms with E-state index in [0.29, 0.717) is 23.8 Å². The van der Waals surface area contributed by atoms with Gasteiger partial charge in [-0.25, -0.2) is 14.0 Å². The van der Waals surface area contributed by atoms with E-state index in [-0.39, 0.29) is 22.7 Å². The number of anilines is 2. The highest BCUT2D eigenvalue weighted by atomic mass is 19.4. The molecule has 0 spiro atoms. The van der Waals surface area contributed by atoms with Gasteiger partial charge in [0.1, 0.15) is 11.5 Å². The van der Waals surface area contributed by atoms with Gasteiger partial charge in [0, 0.05) is 11.9 Å². The molecule has 0 unspecified atom stereocenters. The fourth-order valence-electron chi connectivity index (χ4n) is 2.86. The van der Waals surface area contributed by atoms with E-state index in [2.05, 4.69) is 15.0 Å². The maximum absolute atomic E-state index is 13.8. The molecule has 0 aliphatic carbocycles. The SMILES string of the molecule is NC(=O)c1[nH]cc(OC(=O)O)c1-c1ccc(NC(=O)Nc2cc(C(F)(F)F)ccc2F)cc1. The molecule has 1 heterocycles. The monoisotopic (exact) mass is 466 g/mol. The number of hydrogen-bond acceptors (Lipinski definition) is 4. The Hall–Kier alpha value is -4.55. The Morgan fingerprint density at radius 2 is 1.70 bits per heavy atom. The van der Waals surface area contributed by atoms with Gasteiger partial charge in [0.2, 0.25) is 0 Å². The molecule has 3 aromatic rings. The van der Waals surface area contributed by atoms with E-state index >= 15 is 0 Å². The largest absolute Gasteiger partial charge is 0.511 e. The molecular formula is C20H14F4N4O5. The number of alkyl halides is 3. The van der Waals surface area contributed by atoms with Crippen molar-refractivity contribution in [2.24, 2.45) is 5.73 Å². The van der Waals surface area contributed by atoms with Gasteiger partial charge in [0.05, 0.1) is 16.8 Å². The van der Waals surface area contributed by atoms with E-state index in [9.17, 15) is 31.9 Å². The molecule has 9 nitrogen and oxygen atoms in total. The highest BCUT2D eigenvalue weighted by Crippen LogP contribution is 2.35. The summed E-state index contributed by atoms with van der Waals surface area (Å²) in [6.07, 6.45) is -5.21. The first kappa shape index (κ1) is 23.1. The highest BCUT2D eigenvalue weighted by molar-refractivity contribution is 6.01. The smallest absolute Gasteiger partial charge is 0.449 e. The van der Waals surface area contributed by atoms with Crippen molar-refractivity contribution in [1.82, 2.24) is 4.98 Å². The number of amides is 3. The number of H-pyrrole nitrogens is 1. The van der Waals surface area contributed by atoms with E-state index in [4.69, 9.17) is 10.8 Å². The van der Waals surface area contributed by atoms with Crippen LogP contribution in [0.2, 0.25) is 0 Å². The second-order valence-electron chi connectivity index (χ2n) is 6.48. The Morgan fingerprint density at radius 3 is 2.27 bits per heavy atom. The summed E-state index contributed by atoms with van der Waals surface area (Å²) >= 11 is 0. The molecule has 3 rings (SSSR count). The second-order valence-corrected chi connectivity index (χ2v) is 6.48. The van der Waals surface area contributed by atoms with Crippen LogP contribution < -0.4 is 21.1 Å². The molecule has 0 radical (unpaired) electrons. The average molecular weight is 466 g/mol. The molecule has 0 atom stereocenters. The minimum absolute atomic E-state index is 0.0620. The lowest BCUT2D eigenvalue weighted by atomic mass is 10.0. The van der Waals surface area contributed by atoms with E-state index in [1.54, 1.807) is 0 Å². The van der Waals surface area contributed by atoms with Gasteiger partial charge < -0.3 is 31.2 Å². The molecule has 0 saturated carbocycles. The molecule has 3 amide bonds. The van der Waals surface area contributed by atoms with Crippen LogP contribution in [-0.2, 0) is 6.18 Å². The summed E-state index contributed by atoms with van der Waals surface area (Å²) in [5.74, 6) is -2.13. The number of aromatic nitrogens is 1. The number of carboxylic acid groups (broad SMARTS) is 1. The fourth-order valence-corrected chi connectivity index (χ4v) is 2.86. The normalized spacial score (nSPS) is 11.0. The van der Waals surface area contributed by atoms with Crippen molar-refractivity contribution < 1.29 is 41.8 Å². The molecule has 13 heteroatoms. The number of halogens is 4. The summed E-state index contributed by atoms with van der Waals surface area (Å²) in [6.45, 7) is 0. The van der Waals surface area contributed by atoms with Crippen molar-refractivity contribution in [1.29, 1.82) is 0 Å². The van der Waals surface area contributed by atoms with Crippen LogP contribution in [0.3, 0.4) is 0 Å². The van der Waals surface area contributed by atoms with Gasteiger partial charge in [-0.15, -0.1) is 0 Å². The van der Waals surface area contributed by atoms with Crippen molar-refractivity contribution in [3.05, 3.63) is 65.7 Å². The summed E-state index contributed by atoms with van der Waals surface area (Å²) in [5, 5.41) is 13.1. The number of carbonyl (C=O) groups excluding carboxylic acids is 2. The number of nitrogens with one attached hydrogen (secondary N) is 3. The summed E-state index contributed by atoms with van der Waals surface area (Å²) in [7, 11) is 0. The van der Waals surface area contributed by atoms with Gasteiger partial charge in [0.15, 0.2) is 5.75 Å². The van der Waals surface area contributed by atoms with Crippen molar-refractivity contribution in [3.8, 4) is 16.9 Å². The van der Waals surface area contributed by atoms with E-state index < -0.39 is 41.3 Å². The van der Waals surface area contributed by atoms with Gasteiger partial charge >= 0.3 is 18.4 Å². The minimum Gasteiger partial charge on any atom is -0.449 e. The lowest BCUT2D eigenvalue weighted by Crippen LogP contribution is -2.20. The van der Waals surface area contributed by atoms with Crippen molar-refractivity contribution >= 4 is 29.5 Å². The predicted octanol–water partition coefficient (Wildman–Crippen LogP) is 4.64. The van der Waals surface area contributed by atoms with Crippen molar-refractivity contribution in [2.75, 3.05) is 10.6 Å². The molecule has 172 valence electrons. The number of ether oxygens (including phenoxy) is 1. The third kappa shape index (κ3) is 5.39. The number of aromatic amines is 1. The standard InChI is InChI=1S/C20H14F4N4O5/c21-12-6-3-10(20(22,23)24)7-13(12)28-18(30)27-11-4-1-9(2-5-11)15-14(33-19(31)32)8-26-16(15)17(25)29/h1-8,26H,(H2,25,29)(H,31,32)(H2,27,28,30). The fraction of sp³-hybridized carbons (Fsp3) is 0.0500. The molecular weight excluding hydrogens is 452 g/mol. The van der Waals surface area contributed by atoms with Crippen LogP contribution in [0.4, 0.5) is 38.5 Å². The van der Waals surface area contributed by atoms with Crippen molar-refractivity contribution in [3.63, 3.8) is 0 Å². The Morgan fingerprint density at radius 1 is 1.03 bits per heavy atom. The molecule has 6 N–H and O–H groups in total. The first-order valence-electron chi connectivity index (χ1n) is 8.93. The Labute approximate surface area is 182 Å². The number of benzene rings is 2. The molecule has 0 aliphatic heterocycles. The van der Waals surface area contributed by atoms with Crippen LogP contribution in [0.5, 0.6) is 5.75 Å². The number of urea groups is 1. The number of primary amides is 1. The first-order valence-corrected chi connectivity index (χ1v) is 8.93. The lowest BCUT2D eigenvalue weighted by molar-refractivity contribution is -0.137. The summed E-state index contributed by atoms with van der Waals surface area (Å²) in [6, 6.07) is 6.04. The van der Waals surface area contributed by atoms with Crippen LogP contribution in [0.25, 0.3) is 11.1 Å². The molecule has 2 aromatic carbocycles. The summed E-state index contributed by atoms with van der Waals surface area (Å²) in [5.41, 5.74) is 3.86. The first-order chi connectivity index (χ1) is 15.5. The van der Waals surface area contributed by atoms with Crippen LogP contribution >= 0.6 is 0 Å². The molecule has 0 bridgehead atoms. The maximum atomic E-state index is 13.8. The molecule has 0 saturated heterocycles. The molecule has 33 heavy (non-hydrogen) atoms. The van der Waals surface area contributed by atoms with Crippen molar-refractivity contribution in [2.45, 2.75) is 6.18 Å². The van der Waals surface area contributed by atoms with Gasteiger partial charge in [-0.3, -0.25) is 4.79 Å². The molecule has 0 aliphatic rings. The average Bonchev–Trinajstić information content (AvgIpc) is 3.12. The Kier molecular flexibility index (Phi) is 6.24. The van der Waals surface area contributed by atoms with Gasteiger partial charge in [-0.1, -0.05) is 12.1 Å². The molecule has 1 aromatic heterocycles. The van der Waals surface area contributed by atoms with E-state index in [0.717, 1.165) is 6.20 Å². The molecule has 0 fully saturated rings. The van der Waals surface area contributed by atoms with Gasteiger partial charge in [-0.2, -0.15) is 13.2 Å². The zero-order valence-corrected chi connectivity index (χ0v) is 16.3.